The average Bonchev–Trinajstić information content (AvgIpc) is 3.11. The number of rotatable bonds is 12. The van der Waals surface area contributed by atoms with Crippen LogP contribution < -0.4 is 16.4 Å². The van der Waals surface area contributed by atoms with Gasteiger partial charge in [0.25, 0.3) is 0 Å². The monoisotopic (exact) mass is 440 g/mol. The average molecular weight is 441 g/mol. The lowest BCUT2D eigenvalue weighted by Crippen LogP contribution is -2.41. The molecule has 0 atom stereocenters. The van der Waals surface area contributed by atoms with Crippen LogP contribution in [-0.4, -0.2) is 74.6 Å². The first kappa shape index (κ1) is 25.2. The molecule has 0 spiro atoms. The minimum Gasteiger partial charge on any atom is -0.385 e. The van der Waals surface area contributed by atoms with Crippen LogP contribution in [0.5, 0.6) is 0 Å². The van der Waals surface area contributed by atoms with Gasteiger partial charge in [0.15, 0.2) is 5.96 Å². The number of aryl methyl sites for hydroxylation is 2. The Morgan fingerprint density at radius 2 is 1.94 bits per heavy atom. The van der Waals surface area contributed by atoms with E-state index in [1.807, 2.05) is 31.2 Å². The Balaban J connectivity index is 1.81. The molecular weight excluding hydrogens is 404 g/mol. The number of nitriles is 1. The summed E-state index contributed by atoms with van der Waals surface area (Å²) in [5.41, 5.74) is 9.37. The zero-order chi connectivity index (χ0) is 23.3. The number of ether oxygens (including phenoxy) is 1. The van der Waals surface area contributed by atoms with Crippen molar-refractivity contribution in [2.45, 2.75) is 26.2 Å². The maximum absolute atomic E-state index is 9.56. The van der Waals surface area contributed by atoms with Gasteiger partial charge in [0.2, 0.25) is 0 Å². The number of nitrogens with two attached hydrogens (primary N) is 1. The van der Waals surface area contributed by atoms with Crippen LogP contribution in [0.3, 0.4) is 0 Å². The Morgan fingerprint density at radius 1 is 1.22 bits per heavy atom. The largest absolute Gasteiger partial charge is 0.385 e. The number of nitrogen functional groups attached to an aromatic ring is 1. The van der Waals surface area contributed by atoms with Gasteiger partial charge in [0, 0.05) is 46.9 Å². The quantitative estimate of drug-likeness (QED) is 0.261. The molecule has 0 radical (unpaired) electrons. The second-order valence-electron chi connectivity index (χ2n) is 7.75. The van der Waals surface area contributed by atoms with E-state index < -0.39 is 0 Å². The summed E-state index contributed by atoms with van der Waals surface area (Å²) in [4.78, 5) is 6.53. The number of benzene rings is 1. The highest BCUT2D eigenvalue weighted by Crippen LogP contribution is 2.21. The Bertz CT molecular complexity index is 898. The molecule has 0 aliphatic heterocycles. The van der Waals surface area contributed by atoms with Gasteiger partial charge in [-0.1, -0.05) is 17.7 Å². The lowest BCUT2D eigenvalue weighted by molar-refractivity contribution is 0.180. The van der Waals surface area contributed by atoms with Crippen LogP contribution in [0, 0.1) is 18.3 Å². The molecule has 2 rings (SSSR count). The lowest BCUT2D eigenvalue weighted by Gasteiger charge is -2.18. The van der Waals surface area contributed by atoms with Crippen LogP contribution >= 0.6 is 0 Å². The second-order valence-corrected chi connectivity index (χ2v) is 7.75. The van der Waals surface area contributed by atoms with Crippen molar-refractivity contribution in [2.24, 2.45) is 4.99 Å². The Hall–Kier alpha value is -3.09. The molecule has 1 aromatic heterocycles. The fraction of sp³-hybridized carbons (Fsp3) is 0.522. The molecule has 0 saturated heterocycles. The third kappa shape index (κ3) is 7.55. The van der Waals surface area contributed by atoms with E-state index in [9.17, 15) is 5.26 Å². The van der Waals surface area contributed by atoms with E-state index in [1.54, 1.807) is 18.8 Å². The third-order valence-electron chi connectivity index (χ3n) is 5.16. The molecule has 4 N–H and O–H groups in total. The maximum atomic E-state index is 9.56. The van der Waals surface area contributed by atoms with Crippen LogP contribution in [0.25, 0.3) is 5.69 Å². The molecule has 0 aliphatic rings. The van der Waals surface area contributed by atoms with Gasteiger partial charge >= 0.3 is 0 Å². The lowest BCUT2D eigenvalue weighted by atomic mass is 10.1. The van der Waals surface area contributed by atoms with Crippen LogP contribution in [-0.2, 0) is 11.2 Å². The molecule has 32 heavy (non-hydrogen) atoms. The summed E-state index contributed by atoms with van der Waals surface area (Å²) in [6.07, 6.45) is 2.48. The normalized spacial score (nSPS) is 11.6. The first-order valence-corrected chi connectivity index (χ1v) is 11.0. The highest BCUT2D eigenvalue weighted by molar-refractivity contribution is 5.79. The summed E-state index contributed by atoms with van der Waals surface area (Å²) in [6.45, 7) is 6.25. The smallest absolute Gasteiger partial charge is 0.191 e. The van der Waals surface area contributed by atoms with Gasteiger partial charge in [0.05, 0.1) is 11.4 Å². The van der Waals surface area contributed by atoms with Crippen LogP contribution in [0.2, 0.25) is 0 Å². The zero-order valence-corrected chi connectivity index (χ0v) is 19.7. The first-order chi connectivity index (χ1) is 15.5. The number of hydrogen-bond acceptors (Lipinski definition) is 6. The van der Waals surface area contributed by atoms with Gasteiger partial charge in [0.1, 0.15) is 17.5 Å². The molecule has 0 bridgehead atoms. The number of hydrogen-bond donors (Lipinski definition) is 3. The SMILES string of the molecule is CN=C(NCCCc1nn(-c2ccc(C)cc2)c(N)c1C#N)NCCN(C)CCCOC. The van der Waals surface area contributed by atoms with Crippen molar-refractivity contribution >= 4 is 11.8 Å². The van der Waals surface area contributed by atoms with Gasteiger partial charge in [-0.2, -0.15) is 10.4 Å². The molecule has 1 heterocycles. The number of methoxy groups -OCH3 is 1. The molecule has 0 aliphatic carbocycles. The highest BCUT2D eigenvalue weighted by atomic mass is 16.5. The number of nitrogens with one attached hydrogen (secondary N) is 2. The van der Waals surface area contributed by atoms with Crippen LogP contribution in [0.1, 0.15) is 29.7 Å². The zero-order valence-electron chi connectivity index (χ0n) is 19.7. The van der Waals surface area contributed by atoms with Crippen molar-refractivity contribution in [3.63, 3.8) is 0 Å². The molecule has 0 unspecified atom stereocenters. The summed E-state index contributed by atoms with van der Waals surface area (Å²) < 4.78 is 6.73. The predicted molar refractivity (Wildman–Crippen MR) is 129 cm³/mol. The fourth-order valence-electron chi connectivity index (χ4n) is 3.30. The first-order valence-electron chi connectivity index (χ1n) is 11.0. The van der Waals surface area contributed by atoms with Crippen molar-refractivity contribution < 1.29 is 4.74 Å². The number of likely N-dealkylation sites (N-methyl/N-ethyl adjacent to an activating group) is 1. The molecular formula is C23H36N8O. The summed E-state index contributed by atoms with van der Waals surface area (Å²) >= 11 is 0. The second kappa shape index (κ2) is 13.3. The molecule has 9 heteroatoms. The fourth-order valence-corrected chi connectivity index (χ4v) is 3.30. The number of nitrogens with zero attached hydrogens (tertiary/aromatic N) is 5. The number of anilines is 1. The van der Waals surface area contributed by atoms with Crippen LogP contribution in [0.4, 0.5) is 5.82 Å². The van der Waals surface area contributed by atoms with E-state index in [2.05, 4.69) is 38.7 Å². The number of guanidine groups is 1. The Morgan fingerprint density at radius 3 is 2.59 bits per heavy atom. The molecule has 0 fully saturated rings. The molecule has 1 aromatic carbocycles. The third-order valence-corrected chi connectivity index (χ3v) is 5.16. The van der Waals surface area contributed by atoms with E-state index in [4.69, 9.17) is 10.5 Å². The Labute approximate surface area is 191 Å². The number of aromatic nitrogens is 2. The standard InChI is InChI=1S/C23H36N8O/c1-18-8-10-19(11-9-18)31-22(25)20(17-24)21(29-31)7-5-12-27-23(26-2)28-13-15-30(3)14-6-16-32-4/h8-11H,5-7,12-16,25H2,1-4H3,(H2,26,27,28). The van der Waals surface area contributed by atoms with Gasteiger partial charge in [-0.25, -0.2) is 4.68 Å². The topological polar surface area (TPSA) is 117 Å². The molecule has 9 nitrogen and oxygen atoms in total. The van der Waals surface area contributed by atoms with Gasteiger partial charge in [-0.15, -0.1) is 0 Å². The van der Waals surface area contributed by atoms with E-state index in [0.29, 0.717) is 30.0 Å². The summed E-state index contributed by atoms with van der Waals surface area (Å²) in [5, 5.41) is 20.8. The van der Waals surface area contributed by atoms with Gasteiger partial charge < -0.3 is 26.0 Å². The Kier molecular flexibility index (Phi) is 10.5. The van der Waals surface area contributed by atoms with Gasteiger partial charge in [-0.3, -0.25) is 4.99 Å². The van der Waals surface area contributed by atoms with E-state index >= 15 is 0 Å². The highest BCUT2D eigenvalue weighted by Gasteiger charge is 2.16. The summed E-state index contributed by atoms with van der Waals surface area (Å²) in [5.74, 6) is 1.15. The molecule has 174 valence electrons. The predicted octanol–water partition coefficient (Wildman–Crippen LogP) is 1.70. The summed E-state index contributed by atoms with van der Waals surface area (Å²) in [7, 11) is 5.58. The van der Waals surface area contributed by atoms with E-state index in [1.165, 1.54) is 0 Å². The van der Waals surface area contributed by atoms with Crippen molar-refractivity contribution in [1.82, 2.24) is 25.3 Å². The minimum atomic E-state index is 0.381. The van der Waals surface area contributed by atoms with Crippen molar-refractivity contribution in [2.75, 3.05) is 59.7 Å². The van der Waals surface area contributed by atoms with Crippen molar-refractivity contribution in [1.29, 1.82) is 5.26 Å². The molecule has 2 aromatic rings. The van der Waals surface area contributed by atoms with E-state index in [0.717, 1.165) is 56.3 Å². The van der Waals surface area contributed by atoms with Crippen molar-refractivity contribution in [3.05, 3.63) is 41.1 Å². The van der Waals surface area contributed by atoms with Crippen molar-refractivity contribution in [3.8, 4) is 11.8 Å². The molecule has 0 saturated carbocycles. The number of aliphatic imine (C=N–C) groups is 1. The summed E-state index contributed by atoms with van der Waals surface area (Å²) in [6, 6.07) is 10.1. The van der Waals surface area contributed by atoms with E-state index in [-0.39, 0.29) is 0 Å². The van der Waals surface area contributed by atoms with Crippen LogP contribution in [0.15, 0.2) is 29.3 Å². The maximum Gasteiger partial charge on any atom is 0.191 e. The molecule has 0 amide bonds. The van der Waals surface area contributed by atoms with Gasteiger partial charge in [-0.05, 0) is 45.4 Å². The minimum absolute atomic E-state index is 0.381.